The molecule has 0 saturated carbocycles. The Hall–Kier alpha value is -1.85. The minimum Gasteiger partial charge on any atom is -0.394 e. The van der Waals surface area contributed by atoms with E-state index >= 15 is 0 Å². The van der Waals surface area contributed by atoms with Crippen LogP contribution < -0.4 is 5.32 Å². The number of amides is 1. The molecule has 2 aromatic rings. The lowest BCUT2D eigenvalue weighted by Crippen LogP contribution is -2.25. The third-order valence-corrected chi connectivity index (χ3v) is 3.32. The van der Waals surface area contributed by atoms with Gasteiger partial charge in [0.2, 0.25) is 0 Å². The molecule has 0 fully saturated rings. The molecule has 2 rings (SSSR count). The van der Waals surface area contributed by atoms with Gasteiger partial charge in [0.1, 0.15) is 5.69 Å². The summed E-state index contributed by atoms with van der Waals surface area (Å²) >= 11 is 0. The normalized spacial score (nSPS) is 11.0. The summed E-state index contributed by atoms with van der Waals surface area (Å²) in [7, 11) is 0. The molecule has 0 saturated heterocycles. The quantitative estimate of drug-likeness (QED) is 0.682. The highest BCUT2D eigenvalue weighted by atomic mass is 16.5. The van der Waals surface area contributed by atoms with Crippen molar-refractivity contribution in [3.05, 3.63) is 35.0 Å². The average molecular weight is 290 g/mol. The number of aliphatic hydroxyl groups is 1. The van der Waals surface area contributed by atoms with Gasteiger partial charge in [-0.25, -0.2) is 0 Å². The van der Waals surface area contributed by atoms with Crippen molar-refractivity contribution in [3.8, 4) is 0 Å². The van der Waals surface area contributed by atoms with Gasteiger partial charge in [-0.15, -0.1) is 0 Å². The zero-order valence-corrected chi connectivity index (χ0v) is 12.5. The van der Waals surface area contributed by atoms with Crippen molar-refractivity contribution in [2.75, 3.05) is 26.4 Å². The van der Waals surface area contributed by atoms with Crippen LogP contribution >= 0.6 is 0 Å². The van der Waals surface area contributed by atoms with E-state index < -0.39 is 0 Å². The van der Waals surface area contributed by atoms with Gasteiger partial charge in [-0.05, 0) is 43.5 Å². The Kier molecular flexibility index (Phi) is 5.36. The Bertz CT molecular complexity index is 619. The molecule has 21 heavy (non-hydrogen) atoms. The molecule has 0 radical (unpaired) electrons. The van der Waals surface area contributed by atoms with Gasteiger partial charge in [-0.1, -0.05) is 6.07 Å². The molecular weight excluding hydrogens is 268 g/mol. The number of aromatic nitrogens is 1. The fraction of sp³-hybridized carbons (Fsp3) is 0.438. The summed E-state index contributed by atoms with van der Waals surface area (Å²) in [4.78, 5) is 15.2. The smallest absolute Gasteiger partial charge is 0.267 e. The Morgan fingerprint density at radius 3 is 2.86 bits per heavy atom. The number of ether oxygens (including phenoxy) is 1. The molecule has 1 heterocycles. The van der Waals surface area contributed by atoms with Gasteiger partial charge in [-0.2, -0.15) is 0 Å². The monoisotopic (exact) mass is 290 g/mol. The van der Waals surface area contributed by atoms with Crippen molar-refractivity contribution >= 4 is 16.8 Å². The molecule has 1 aromatic heterocycles. The first-order chi connectivity index (χ1) is 10.1. The molecule has 0 atom stereocenters. The number of fused-ring (bicyclic) bond motifs is 1. The van der Waals surface area contributed by atoms with Crippen molar-refractivity contribution in [1.29, 1.82) is 0 Å². The number of aromatic amines is 1. The molecule has 0 unspecified atom stereocenters. The van der Waals surface area contributed by atoms with E-state index in [0.29, 0.717) is 25.5 Å². The number of rotatable bonds is 7. The first-order valence-corrected chi connectivity index (χ1v) is 7.18. The standard InChI is InChI=1S/C16H22N2O3/c1-11-8-12(2)13-10-15(18-14(13)9-11)16(20)17-4-3-6-21-7-5-19/h8-10,18-19H,3-7H2,1-2H3,(H,17,20). The predicted molar refractivity (Wildman–Crippen MR) is 82.6 cm³/mol. The number of aliphatic hydroxyl groups excluding tert-OH is 1. The van der Waals surface area contributed by atoms with E-state index in [4.69, 9.17) is 9.84 Å². The van der Waals surface area contributed by atoms with Crippen LogP contribution in [-0.4, -0.2) is 42.4 Å². The van der Waals surface area contributed by atoms with Gasteiger partial charge in [0.15, 0.2) is 0 Å². The summed E-state index contributed by atoms with van der Waals surface area (Å²) < 4.78 is 5.14. The second-order valence-electron chi connectivity index (χ2n) is 5.17. The minimum absolute atomic E-state index is 0.0280. The van der Waals surface area contributed by atoms with E-state index in [-0.39, 0.29) is 12.5 Å². The lowest BCUT2D eigenvalue weighted by Gasteiger charge is -2.04. The second-order valence-corrected chi connectivity index (χ2v) is 5.17. The zero-order chi connectivity index (χ0) is 15.2. The highest BCUT2D eigenvalue weighted by Gasteiger charge is 2.10. The van der Waals surface area contributed by atoms with E-state index in [1.807, 2.05) is 26.0 Å². The number of benzene rings is 1. The third kappa shape index (κ3) is 4.06. The van der Waals surface area contributed by atoms with Crippen molar-refractivity contribution in [1.82, 2.24) is 10.3 Å². The van der Waals surface area contributed by atoms with Gasteiger partial charge in [-0.3, -0.25) is 4.79 Å². The third-order valence-electron chi connectivity index (χ3n) is 3.32. The SMILES string of the molecule is Cc1cc(C)c2cc(C(=O)NCCCOCCO)[nH]c2c1. The molecule has 0 aliphatic heterocycles. The number of carbonyl (C=O) groups is 1. The Morgan fingerprint density at radius 2 is 2.10 bits per heavy atom. The molecular formula is C16H22N2O3. The zero-order valence-electron chi connectivity index (χ0n) is 12.5. The van der Waals surface area contributed by atoms with E-state index in [0.717, 1.165) is 22.9 Å². The Labute approximate surface area is 124 Å². The van der Waals surface area contributed by atoms with E-state index in [1.165, 1.54) is 5.56 Å². The first kappa shape index (κ1) is 15.5. The summed E-state index contributed by atoms with van der Waals surface area (Å²) in [6.45, 7) is 5.54. The first-order valence-electron chi connectivity index (χ1n) is 7.18. The van der Waals surface area contributed by atoms with Gasteiger partial charge >= 0.3 is 0 Å². The number of hydrogen-bond acceptors (Lipinski definition) is 3. The molecule has 0 aliphatic rings. The fourth-order valence-electron chi connectivity index (χ4n) is 2.36. The van der Waals surface area contributed by atoms with Crippen molar-refractivity contribution in [2.45, 2.75) is 20.3 Å². The summed E-state index contributed by atoms with van der Waals surface area (Å²) in [5.74, 6) is -0.106. The van der Waals surface area contributed by atoms with Crippen molar-refractivity contribution in [2.24, 2.45) is 0 Å². The van der Waals surface area contributed by atoms with E-state index in [9.17, 15) is 4.79 Å². The summed E-state index contributed by atoms with van der Waals surface area (Å²) in [5, 5.41) is 12.5. The van der Waals surface area contributed by atoms with E-state index in [1.54, 1.807) is 0 Å². The van der Waals surface area contributed by atoms with Crippen LogP contribution in [0.3, 0.4) is 0 Å². The predicted octanol–water partition coefficient (Wildman–Crippen LogP) is 1.91. The molecule has 5 heteroatoms. The lowest BCUT2D eigenvalue weighted by molar-refractivity contribution is 0.0866. The molecule has 5 nitrogen and oxygen atoms in total. The lowest BCUT2D eigenvalue weighted by atomic mass is 10.1. The topological polar surface area (TPSA) is 74.3 Å². The summed E-state index contributed by atoms with van der Waals surface area (Å²) in [6, 6.07) is 6.04. The largest absolute Gasteiger partial charge is 0.394 e. The van der Waals surface area contributed by atoms with Crippen LogP contribution in [0.15, 0.2) is 18.2 Å². The summed E-state index contributed by atoms with van der Waals surface area (Å²) in [5.41, 5.74) is 3.91. The van der Waals surface area contributed by atoms with Crippen LogP contribution in [0.1, 0.15) is 28.0 Å². The Balaban J connectivity index is 1.92. The van der Waals surface area contributed by atoms with Crippen molar-refractivity contribution in [3.63, 3.8) is 0 Å². The molecule has 0 spiro atoms. The van der Waals surface area contributed by atoms with Gasteiger partial charge < -0.3 is 20.1 Å². The molecule has 1 amide bonds. The molecule has 0 aliphatic carbocycles. The van der Waals surface area contributed by atoms with Crippen LogP contribution in [0.2, 0.25) is 0 Å². The van der Waals surface area contributed by atoms with Crippen LogP contribution in [0.5, 0.6) is 0 Å². The number of carbonyl (C=O) groups excluding carboxylic acids is 1. The van der Waals surface area contributed by atoms with Crippen LogP contribution in [0.4, 0.5) is 0 Å². The summed E-state index contributed by atoms with van der Waals surface area (Å²) in [6.07, 6.45) is 0.726. The second kappa shape index (κ2) is 7.24. The minimum atomic E-state index is -0.106. The van der Waals surface area contributed by atoms with Gasteiger partial charge in [0, 0.05) is 24.1 Å². The highest BCUT2D eigenvalue weighted by molar-refractivity contribution is 5.98. The molecule has 0 bridgehead atoms. The number of H-pyrrole nitrogens is 1. The average Bonchev–Trinajstić information content (AvgIpc) is 2.86. The number of hydrogen-bond donors (Lipinski definition) is 3. The Morgan fingerprint density at radius 1 is 1.29 bits per heavy atom. The maximum absolute atomic E-state index is 12.1. The maximum Gasteiger partial charge on any atom is 0.267 e. The van der Waals surface area contributed by atoms with Crippen LogP contribution in [0, 0.1) is 13.8 Å². The van der Waals surface area contributed by atoms with Crippen LogP contribution in [-0.2, 0) is 4.74 Å². The number of nitrogens with one attached hydrogen (secondary N) is 2. The molecule has 1 aromatic carbocycles. The van der Waals surface area contributed by atoms with Gasteiger partial charge in [0.05, 0.1) is 13.2 Å². The van der Waals surface area contributed by atoms with Gasteiger partial charge in [0.25, 0.3) is 5.91 Å². The highest BCUT2D eigenvalue weighted by Crippen LogP contribution is 2.21. The van der Waals surface area contributed by atoms with Crippen LogP contribution in [0.25, 0.3) is 10.9 Å². The maximum atomic E-state index is 12.1. The number of aryl methyl sites for hydroxylation is 2. The fourth-order valence-corrected chi connectivity index (χ4v) is 2.36. The van der Waals surface area contributed by atoms with Crippen molar-refractivity contribution < 1.29 is 14.6 Å². The molecule has 3 N–H and O–H groups in total. The van der Waals surface area contributed by atoms with E-state index in [2.05, 4.69) is 16.4 Å². The molecule has 114 valence electrons.